The first-order valence-corrected chi connectivity index (χ1v) is 6.66. The fourth-order valence-corrected chi connectivity index (χ4v) is 2.26. The molecule has 2 nitrogen and oxygen atoms in total. The zero-order valence-electron chi connectivity index (χ0n) is 9.91. The van der Waals surface area contributed by atoms with Crippen LogP contribution in [0.4, 0.5) is 10.1 Å². The van der Waals surface area contributed by atoms with Crippen molar-refractivity contribution in [3.8, 4) is 0 Å². The van der Waals surface area contributed by atoms with Gasteiger partial charge in [0.25, 0.3) is 0 Å². The maximum absolute atomic E-state index is 13.2. The summed E-state index contributed by atoms with van der Waals surface area (Å²) in [7, 11) is 0. The Morgan fingerprint density at radius 1 is 1.47 bits per heavy atom. The predicted molar refractivity (Wildman–Crippen MR) is 70.0 cm³/mol. The van der Waals surface area contributed by atoms with Gasteiger partial charge in [0, 0.05) is 12.2 Å². The van der Waals surface area contributed by atoms with Crippen LogP contribution >= 0.6 is 15.9 Å². The number of halogens is 2. The lowest BCUT2D eigenvalue weighted by Gasteiger charge is -2.22. The molecule has 1 aromatic carbocycles. The third-order valence-electron chi connectivity index (χ3n) is 3.03. The van der Waals surface area contributed by atoms with Gasteiger partial charge in [-0.25, -0.2) is 4.39 Å². The van der Waals surface area contributed by atoms with E-state index < -0.39 is 0 Å². The molecule has 0 fully saturated rings. The van der Waals surface area contributed by atoms with Gasteiger partial charge in [-0.2, -0.15) is 0 Å². The number of anilines is 1. The van der Waals surface area contributed by atoms with E-state index in [9.17, 15) is 9.18 Å². The molecule has 1 aromatic rings. The van der Waals surface area contributed by atoms with Crippen LogP contribution in [-0.4, -0.2) is 17.3 Å². The second kappa shape index (κ2) is 4.77. The second-order valence-electron chi connectivity index (χ2n) is 4.66. The second-order valence-corrected chi connectivity index (χ2v) is 5.65. The molecule has 0 bridgehead atoms. The van der Waals surface area contributed by atoms with Gasteiger partial charge in [0.15, 0.2) is 0 Å². The summed E-state index contributed by atoms with van der Waals surface area (Å²) in [5.41, 5.74) is 1.77. The van der Waals surface area contributed by atoms with Gasteiger partial charge in [0.2, 0.25) is 5.91 Å². The Hall–Kier alpha value is -0.900. The molecule has 1 aliphatic rings. The van der Waals surface area contributed by atoms with Gasteiger partial charge in [-0.05, 0) is 30.0 Å². The van der Waals surface area contributed by atoms with E-state index in [4.69, 9.17) is 0 Å². The summed E-state index contributed by atoms with van der Waals surface area (Å²) in [5, 5.41) is 0. The van der Waals surface area contributed by atoms with Crippen LogP contribution in [0.5, 0.6) is 0 Å². The first kappa shape index (κ1) is 12.6. The molecule has 1 unspecified atom stereocenters. The SMILES string of the molecule is CC(C)C(Br)C(=O)N1CCc2ccc(F)cc21. The van der Waals surface area contributed by atoms with E-state index in [-0.39, 0.29) is 22.5 Å². The Bertz CT molecular complexity index is 447. The highest BCUT2D eigenvalue weighted by atomic mass is 79.9. The molecule has 0 aromatic heterocycles. The maximum Gasteiger partial charge on any atom is 0.241 e. The Kier molecular flexibility index (Phi) is 3.52. The average molecular weight is 300 g/mol. The third-order valence-corrected chi connectivity index (χ3v) is 4.48. The van der Waals surface area contributed by atoms with E-state index in [1.165, 1.54) is 12.1 Å². The van der Waals surface area contributed by atoms with Crippen molar-refractivity contribution in [3.63, 3.8) is 0 Å². The summed E-state index contributed by atoms with van der Waals surface area (Å²) >= 11 is 3.40. The molecular weight excluding hydrogens is 285 g/mol. The van der Waals surface area contributed by atoms with Crippen molar-refractivity contribution < 1.29 is 9.18 Å². The zero-order valence-corrected chi connectivity index (χ0v) is 11.5. The Morgan fingerprint density at radius 3 is 2.82 bits per heavy atom. The topological polar surface area (TPSA) is 20.3 Å². The minimum Gasteiger partial charge on any atom is -0.311 e. The lowest BCUT2D eigenvalue weighted by molar-refractivity contribution is -0.118. The van der Waals surface area contributed by atoms with E-state index >= 15 is 0 Å². The smallest absolute Gasteiger partial charge is 0.241 e. The molecule has 92 valence electrons. The van der Waals surface area contributed by atoms with Crippen molar-refractivity contribution in [2.45, 2.75) is 25.1 Å². The molecular formula is C13H15BrFNO. The Morgan fingerprint density at radius 2 is 2.18 bits per heavy atom. The van der Waals surface area contributed by atoms with Gasteiger partial charge >= 0.3 is 0 Å². The maximum atomic E-state index is 13.2. The van der Waals surface area contributed by atoms with E-state index in [0.29, 0.717) is 6.54 Å². The summed E-state index contributed by atoms with van der Waals surface area (Å²) in [6, 6.07) is 4.65. The highest BCUT2D eigenvalue weighted by molar-refractivity contribution is 9.10. The minimum absolute atomic E-state index is 0.0179. The van der Waals surface area contributed by atoms with Crippen molar-refractivity contribution in [1.29, 1.82) is 0 Å². The molecule has 1 atom stereocenters. The number of carbonyl (C=O) groups is 1. The van der Waals surface area contributed by atoms with Gasteiger partial charge in [0.05, 0.1) is 4.83 Å². The first-order chi connectivity index (χ1) is 8.00. The molecule has 0 saturated carbocycles. The third kappa shape index (κ3) is 2.37. The predicted octanol–water partition coefficient (Wildman–Crippen LogP) is 3.13. The highest BCUT2D eigenvalue weighted by Gasteiger charge is 2.30. The van der Waals surface area contributed by atoms with Crippen molar-refractivity contribution in [1.82, 2.24) is 0 Å². The fraction of sp³-hybridized carbons (Fsp3) is 0.462. The summed E-state index contributed by atoms with van der Waals surface area (Å²) in [6.07, 6.45) is 0.805. The molecule has 2 rings (SSSR count). The van der Waals surface area contributed by atoms with E-state index in [0.717, 1.165) is 17.7 Å². The monoisotopic (exact) mass is 299 g/mol. The van der Waals surface area contributed by atoms with E-state index in [1.807, 2.05) is 13.8 Å². The fourth-order valence-electron chi connectivity index (χ4n) is 2.02. The van der Waals surface area contributed by atoms with Crippen LogP contribution in [0.25, 0.3) is 0 Å². The Labute approximate surface area is 109 Å². The summed E-state index contributed by atoms with van der Waals surface area (Å²) in [4.78, 5) is 13.7. The number of amides is 1. The molecule has 17 heavy (non-hydrogen) atoms. The Balaban J connectivity index is 2.27. The number of hydrogen-bond donors (Lipinski definition) is 0. The lowest BCUT2D eigenvalue weighted by atomic mass is 10.1. The normalized spacial score (nSPS) is 16.2. The minimum atomic E-state index is -0.292. The van der Waals surface area contributed by atoms with Crippen LogP contribution in [0.2, 0.25) is 0 Å². The molecule has 4 heteroatoms. The number of carbonyl (C=O) groups excluding carboxylic acids is 1. The van der Waals surface area contributed by atoms with Crippen molar-refractivity contribution >= 4 is 27.5 Å². The van der Waals surface area contributed by atoms with Gasteiger partial charge in [-0.15, -0.1) is 0 Å². The molecule has 0 radical (unpaired) electrons. The summed E-state index contributed by atoms with van der Waals surface area (Å²) in [5.74, 6) is -0.0522. The summed E-state index contributed by atoms with van der Waals surface area (Å²) < 4.78 is 13.2. The van der Waals surface area contributed by atoms with Crippen LogP contribution < -0.4 is 4.90 Å². The van der Waals surface area contributed by atoms with Crippen LogP contribution in [0.15, 0.2) is 18.2 Å². The molecule has 0 spiro atoms. The van der Waals surface area contributed by atoms with Gasteiger partial charge < -0.3 is 4.90 Å². The molecule has 0 N–H and O–H groups in total. The number of hydrogen-bond acceptors (Lipinski definition) is 1. The van der Waals surface area contributed by atoms with Crippen LogP contribution in [-0.2, 0) is 11.2 Å². The first-order valence-electron chi connectivity index (χ1n) is 5.74. The quantitative estimate of drug-likeness (QED) is 0.768. The molecule has 0 aliphatic carbocycles. The van der Waals surface area contributed by atoms with Crippen LogP contribution in [0, 0.1) is 11.7 Å². The van der Waals surface area contributed by atoms with E-state index in [2.05, 4.69) is 15.9 Å². The standard InChI is InChI=1S/C13H15BrFNO/c1-8(2)12(14)13(17)16-6-5-9-3-4-10(15)7-11(9)16/h3-4,7-8,12H,5-6H2,1-2H3. The van der Waals surface area contributed by atoms with Crippen LogP contribution in [0.1, 0.15) is 19.4 Å². The molecule has 0 saturated heterocycles. The van der Waals surface area contributed by atoms with Gasteiger partial charge in [-0.1, -0.05) is 35.8 Å². The molecule has 1 aliphatic heterocycles. The number of alkyl halides is 1. The number of fused-ring (bicyclic) bond motifs is 1. The summed E-state index contributed by atoms with van der Waals surface area (Å²) in [6.45, 7) is 4.62. The lowest BCUT2D eigenvalue weighted by Crippen LogP contribution is -2.37. The largest absolute Gasteiger partial charge is 0.311 e. The highest BCUT2D eigenvalue weighted by Crippen LogP contribution is 2.30. The molecule has 1 heterocycles. The van der Waals surface area contributed by atoms with Gasteiger partial charge in [-0.3, -0.25) is 4.79 Å². The number of nitrogens with zero attached hydrogens (tertiary/aromatic N) is 1. The number of benzene rings is 1. The zero-order chi connectivity index (χ0) is 12.6. The van der Waals surface area contributed by atoms with Gasteiger partial charge in [0.1, 0.15) is 5.82 Å². The van der Waals surface area contributed by atoms with E-state index in [1.54, 1.807) is 11.0 Å². The van der Waals surface area contributed by atoms with Crippen molar-refractivity contribution in [2.75, 3.05) is 11.4 Å². The van der Waals surface area contributed by atoms with Crippen molar-refractivity contribution in [3.05, 3.63) is 29.6 Å². The molecule has 1 amide bonds. The van der Waals surface area contributed by atoms with Crippen molar-refractivity contribution in [2.24, 2.45) is 5.92 Å². The number of rotatable bonds is 2. The van der Waals surface area contributed by atoms with Crippen LogP contribution in [0.3, 0.4) is 0 Å². The average Bonchev–Trinajstić information content (AvgIpc) is 2.69.